The second-order valence-corrected chi connectivity index (χ2v) is 19.9. The molecule has 0 saturated heterocycles. The van der Waals surface area contributed by atoms with Gasteiger partial charge in [-0.3, -0.25) is 18.6 Å². The van der Waals surface area contributed by atoms with Crippen molar-refractivity contribution in [2.24, 2.45) is 5.73 Å². The summed E-state index contributed by atoms with van der Waals surface area (Å²) in [5.41, 5.74) is 5.37. The summed E-state index contributed by atoms with van der Waals surface area (Å²) in [6.07, 6.45) is 73.2. The topological polar surface area (TPSA) is 134 Å². The molecule has 0 aromatic carbocycles. The second kappa shape index (κ2) is 55.2. The van der Waals surface area contributed by atoms with Crippen LogP contribution in [0.3, 0.4) is 0 Å². The van der Waals surface area contributed by atoms with E-state index in [0.29, 0.717) is 12.8 Å². The minimum absolute atomic E-state index is 0.0479. The number of hydrogen-bond donors (Lipinski definition) is 2. The Morgan fingerprint density at radius 1 is 0.443 bits per heavy atom. The number of phosphoric ester groups is 1. The number of unbranched alkanes of at least 4 members (excludes halogenated alkanes) is 23. The van der Waals surface area contributed by atoms with E-state index in [1.54, 1.807) is 0 Å². The first-order valence-corrected chi connectivity index (χ1v) is 29.7. The highest BCUT2D eigenvalue weighted by Crippen LogP contribution is 2.43. The summed E-state index contributed by atoms with van der Waals surface area (Å²) in [4.78, 5) is 35.1. The zero-order valence-electron chi connectivity index (χ0n) is 44.7. The van der Waals surface area contributed by atoms with E-state index in [1.165, 1.54) is 103 Å². The first-order chi connectivity index (χ1) is 34.3. The van der Waals surface area contributed by atoms with Crippen molar-refractivity contribution in [3.8, 4) is 0 Å². The van der Waals surface area contributed by atoms with Crippen molar-refractivity contribution in [3.63, 3.8) is 0 Å². The number of hydrogen-bond acceptors (Lipinski definition) is 8. The van der Waals surface area contributed by atoms with E-state index < -0.39 is 32.5 Å². The summed E-state index contributed by atoms with van der Waals surface area (Å²) in [5.74, 6) is -0.845. The molecule has 0 spiro atoms. The summed E-state index contributed by atoms with van der Waals surface area (Å²) in [5, 5.41) is 0. The van der Waals surface area contributed by atoms with Crippen molar-refractivity contribution >= 4 is 19.8 Å². The van der Waals surface area contributed by atoms with E-state index in [-0.39, 0.29) is 32.6 Å². The van der Waals surface area contributed by atoms with Gasteiger partial charge in [-0.15, -0.1) is 0 Å². The van der Waals surface area contributed by atoms with Crippen LogP contribution in [-0.2, 0) is 32.7 Å². The van der Waals surface area contributed by atoms with Crippen molar-refractivity contribution < 1.29 is 37.6 Å². The number of phosphoric acid groups is 1. The van der Waals surface area contributed by atoms with Gasteiger partial charge < -0.3 is 20.1 Å². The Labute approximate surface area is 429 Å². The number of esters is 2. The van der Waals surface area contributed by atoms with E-state index in [4.69, 9.17) is 24.3 Å². The van der Waals surface area contributed by atoms with E-state index >= 15 is 0 Å². The van der Waals surface area contributed by atoms with Crippen LogP contribution >= 0.6 is 7.82 Å². The third-order valence-electron chi connectivity index (χ3n) is 11.7. The minimum atomic E-state index is -4.39. The van der Waals surface area contributed by atoms with Gasteiger partial charge in [-0.2, -0.15) is 0 Å². The quantitative estimate of drug-likeness (QED) is 0.0264. The Morgan fingerprint density at radius 3 is 1.17 bits per heavy atom. The van der Waals surface area contributed by atoms with Crippen molar-refractivity contribution in [2.45, 2.75) is 245 Å². The molecule has 0 radical (unpaired) electrons. The fourth-order valence-corrected chi connectivity index (χ4v) is 8.32. The molecule has 0 aliphatic heterocycles. The average Bonchev–Trinajstić information content (AvgIpc) is 3.35. The standard InChI is InChI=1S/C60H104NO8P/c1-3-5-7-9-11-13-15-17-19-21-22-23-24-25-26-27-28-29-30-31-32-33-34-35-36-37-39-41-43-45-47-49-51-53-60(63)69-58(57-68-70(64,65)67-55-54-61)56-66-59(62)52-50-48-46-44-42-40-38-20-18-16-14-12-10-8-6-4-2/h5,7,11,13-14,16-17,19-20,22-23,25-26,28-29,38,58H,3-4,6,8-10,12,15,18,21,24,27,30-37,39-57,61H2,1-2H3,(H,64,65)/b7-5-,13-11-,16-14-,19-17-,23-22-,26-25-,29-28-,38-20-. The smallest absolute Gasteiger partial charge is 0.462 e. The second-order valence-electron chi connectivity index (χ2n) is 18.4. The monoisotopic (exact) mass is 998 g/mol. The molecule has 10 heteroatoms. The molecule has 0 heterocycles. The molecule has 0 aliphatic rings. The Kier molecular flexibility index (Phi) is 52.8. The van der Waals surface area contributed by atoms with Crippen LogP contribution in [0.2, 0.25) is 0 Å². The summed E-state index contributed by atoms with van der Waals surface area (Å²) < 4.78 is 33.0. The molecule has 0 aromatic rings. The molecule has 2 atom stereocenters. The Bertz CT molecular complexity index is 1460. The van der Waals surface area contributed by atoms with Crippen molar-refractivity contribution in [1.29, 1.82) is 0 Å². The molecule has 9 nitrogen and oxygen atoms in total. The SMILES string of the molecule is CC/C=C\C/C=C\C/C=C\C/C=C\C/C=C\C/C=C\CCCCCCCCCCCCCCCCC(=O)OC(COC(=O)CCCCCCC/C=C\C/C=C\CCCCCC)COP(=O)(O)OCCN. The van der Waals surface area contributed by atoms with E-state index in [1.807, 2.05) is 0 Å². The molecule has 0 aromatic heterocycles. The maximum absolute atomic E-state index is 12.7. The highest BCUT2D eigenvalue weighted by Gasteiger charge is 2.26. The zero-order valence-corrected chi connectivity index (χ0v) is 45.6. The highest BCUT2D eigenvalue weighted by atomic mass is 31.2. The maximum atomic E-state index is 12.7. The number of ether oxygens (including phenoxy) is 2. The number of carbonyl (C=O) groups excluding carboxylic acids is 2. The van der Waals surface area contributed by atoms with E-state index in [0.717, 1.165) is 96.3 Å². The molecule has 0 rings (SSSR count). The molecule has 0 saturated carbocycles. The molecule has 2 unspecified atom stereocenters. The lowest BCUT2D eigenvalue weighted by Gasteiger charge is -2.19. The summed E-state index contributed by atoms with van der Waals surface area (Å²) in [6.45, 7) is 3.60. The van der Waals surface area contributed by atoms with Gasteiger partial charge in [0.05, 0.1) is 13.2 Å². The van der Waals surface area contributed by atoms with Crippen LogP contribution in [0.4, 0.5) is 0 Å². The van der Waals surface area contributed by atoms with Crippen LogP contribution in [0.1, 0.15) is 239 Å². The number of rotatable bonds is 52. The largest absolute Gasteiger partial charge is 0.472 e. The van der Waals surface area contributed by atoms with Gasteiger partial charge in [0.1, 0.15) is 6.61 Å². The molecule has 402 valence electrons. The fourth-order valence-electron chi connectivity index (χ4n) is 7.55. The number of nitrogens with two attached hydrogens (primary N) is 1. The van der Waals surface area contributed by atoms with Gasteiger partial charge in [-0.1, -0.05) is 227 Å². The van der Waals surface area contributed by atoms with Gasteiger partial charge in [0.2, 0.25) is 0 Å². The maximum Gasteiger partial charge on any atom is 0.472 e. The van der Waals surface area contributed by atoms with Crippen LogP contribution in [-0.4, -0.2) is 49.3 Å². The normalized spacial score (nSPS) is 13.8. The summed E-state index contributed by atoms with van der Waals surface area (Å²) >= 11 is 0. The molecular weight excluding hydrogens is 894 g/mol. The van der Waals surface area contributed by atoms with Gasteiger partial charge >= 0.3 is 19.8 Å². The highest BCUT2D eigenvalue weighted by molar-refractivity contribution is 7.47. The lowest BCUT2D eigenvalue weighted by atomic mass is 10.0. The summed E-state index contributed by atoms with van der Waals surface area (Å²) in [6, 6.07) is 0. The van der Waals surface area contributed by atoms with Crippen molar-refractivity contribution in [3.05, 3.63) is 97.2 Å². The zero-order chi connectivity index (χ0) is 51.0. The Balaban J connectivity index is 3.96. The molecule has 0 fully saturated rings. The van der Waals surface area contributed by atoms with Gasteiger partial charge in [0, 0.05) is 19.4 Å². The first-order valence-electron chi connectivity index (χ1n) is 28.2. The van der Waals surface area contributed by atoms with Crippen LogP contribution in [0.15, 0.2) is 97.2 Å². The van der Waals surface area contributed by atoms with Gasteiger partial charge in [0.15, 0.2) is 6.10 Å². The van der Waals surface area contributed by atoms with Crippen LogP contribution in [0.25, 0.3) is 0 Å². The third kappa shape index (κ3) is 54.3. The van der Waals surface area contributed by atoms with Crippen molar-refractivity contribution in [2.75, 3.05) is 26.4 Å². The molecule has 0 aliphatic carbocycles. The predicted octanol–water partition coefficient (Wildman–Crippen LogP) is 17.7. The lowest BCUT2D eigenvalue weighted by molar-refractivity contribution is -0.161. The number of carbonyl (C=O) groups is 2. The predicted molar refractivity (Wildman–Crippen MR) is 298 cm³/mol. The van der Waals surface area contributed by atoms with Gasteiger partial charge in [-0.25, -0.2) is 4.57 Å². The van der Waals surface area contributed by atoms with Gasteiger partial charge in [0.25, 0.3) is 0 Å². The fraction of sp³-hybridized carbons (Fsp3) is 0.700. The van der Waals surface area contributed by atoms with Gasteiger partial charge in [-0.05, 0) is 96.3 Å². The molecule has 70 heavy (non-hydrogen) atoms. The van der Waals surface area contributed by atoms with Crippen LogP contribution < -0.4 is 5.73 Å². The first kappa shape index (κ1) is 66.9. The van der Waals surface area contributed by atoms with Crippen molar-refractivity contribution in [1.82, 2.24) is 0 Å². The van der Waals surface area contributed by atoms with Crippen LogP contribution in [0.5, 0.6) is 0 Å². The lowest BCUT2D eigenvalue weighted by Crippen LogP contribution is -2.29. The molecule has 0 bridgehead atoms. The molecule has 0 amide bonds. The Hall–Kier alpha value is -3.07. The molecule has 3 N–H and O–H groups in total. The van der Waals surface area contributed by atoms with E-state index in [9.17, 15) is 19.0 Å². The van der Waals surface area contributed by atoms with Crippen LogP contribution in [0, 0.1) is 0 Å². The number of allylic oxidation sites excluding steroid dienone is 16. The third-order valence-corrected chi connectivity index (χ3v) is 12.7. The average molecular weight is 998 g/mol. The minimum Gasteiger partial charge on any atom is -0.462 e. The molecular formula is C60H104NO8P. The Morgan fingerprint density at radius 2 is 0.786 bits per heavy atom. The summed E-state index contributed by atoms with van der Waals surface area (Å²) in [7, 11) is -4.39. The van der Waals surface area contributed by atoms with E-state index in [2.05, 4.69) is 111 Å².